The summed E-state index contributed by atoms with van der Waals surface area (Å²) in [6.07, 6.45) is 5.26. The molecule has 5 heteroatoms. The van der Waals surface area contributed by atoms with Crippen LogP contribution in [0.3, 0.4) is 0 Å². The van der Waals surface area contributed by atoms with Gasteiger partial charge in [0.15, 0.2) is 5.65 Å². The van der Waals surface area contributed by atoms with Crippen LogP contribution in [-0.4, -0.2) is 27.2 Å². The fourth-order valence-electron chi connectivity index (χ4n) is 2.86. The number of fused-ring (bicyclic) bond motifs is 1. The first-order valence-electron chi connectivity index (χ1n) is 6.55. The lowest BCUT2D eigenvalue weighted by atomic mass is 10.0. The van der Waals surface area contributed by atoms with Crippen LogP contribution in [0.4, 0.5) is 5.82 Å². The normalized spacial score (nSPS) is 23.7. The molecule has 2 aromatic rings. The number of pyridine rings is 1. The second kappa shape index (κ2) is 4.57. The largest absolute Gasteiger partial charge is 0.367 e. The van der Waals surface area contributed by atoms with Crippen LogP contribution in [0.1, 0.15) is 24.8 Å². The van der Waals surface area contributed by atoms with Crippen molar-refractivity contribution in [2.45, 2.75) is 32.2 Å². The van der Waals surface area contributed by atoms with E-state index in [1.54, 1.807) is 6.33 Å². The number of nitrogens with two attached hydrogens (primary N) is 1. The van der Waals surface area contributed by atoms with Gasteiger partial charge >= 0.3 is 0 Å². The molecule has 0 amide bonds. The molecule has 0 radical (unpaired) electrons. The van der Waals surface area contributed by atoms with E-state index < -0.39 is 0 Å². The van der Waals surface area contributed by atoms with Gasteiger partial charge in [0.05, 0.1) is 0 Å². The summed E-state index contributed by atoms with van der Waals surface area (Å²) in [6.45, 7) is 2.83. The number of nitrogens with one attached hydrogen (secondary N) is 1. The van der Waals surface area contributed by atoms with Gasteiger partial charge in [-0.25, -0.2) is 4.98 Å². The molecular weight excluding hydrogens is 226 g/mol. The molecule has 0 spiro atoms. The Balaban J connectivity index is 1.92. The van der Waals surface area contributed by atoms with Gasteiger partial charge in [0.25, 0.3) is 0 Å². The summed E-state index contributed by atoms with van der Waals surface area (Å²) in [4.78, 5) is 4.24. The van der Waals surface area contributed by atoms with Crippen LogP contribution < -0.4 is 11.1 Å². The zero-order chi connectivity index (χ0) is 12.5. The Bertz CT molecular complexity index is 547. The first-order valence-corrected chi connectivity index (χ1v) is 6.55. The predicted octanol–water partition coefficient (Wildman–Crippen LogP) is 1.58. The molecule has 2 atom stereocenters. The minimum Gasteiger partial charge on any atom is -0.367 e. The van der Waals surface area contributed by atoms with E-state index >= 15 is 0 Å². The summed E-state index contributed by atoms with van der Waals surface area (Å²) in [6, 6.07) is 4.62. The van der Waals surface area contributed by atoms with Gasteiger partial charge in [0.2, 0.25) is 0 Å². The smallest absolute Gasteiger partial charge is 0.157 e. The third-order valence-corrected chi connectivity index (χ3v) is 3.82. The van der Waals surface area contributed by atoms with Gasteiger partial charge in [-0.3, -0.25) is 0 Å². The zero-order valence-corrected chi connectivity index (χ0v) is 10.6. The minimum atomic E-state index is 0.462. The Morgan fingerprint density at radius 2 is 2.33 bits per heavy atom. The first-order chi connectivity index (χ1) is 8.78. The van der Waals surface area contributed by atoms with E-state index in [0.29, 0.717) is 12.0 Å². The van der Waals surface area contributed by atoms with Gasteiger partial charge in [0.1, 0.15) is 12.1 Å². The van der Waals surface area contributed by atoms with Crippen molar-refractivity contribution in [2.24, 2.45) is 11.7 Å². The van der Waals surface area contributed by atoms with Crippen LogP contribution in [0.2, 0.25) is 0 Å². The third kappa shape index (κ3) is 1.95. The second-order valence-corrected chi connectivity index (χ2v) is 5.13. The highest BCUT2D eigenvalue weighted by atomic mass is 15.3. The molecule has 96 valence electrons. The van der Waals surface area contributed by atoms with Crippen LogP contribution in [0, 0.1) is 12.8 Å². The summed E-state index contributed by atoms with van der Waals surface area (Å²) in [7, 11) is 0. The molecule has 0 bridgehead atoms. The van der Waals surface area contributed by atoms with Crippen molar-refractivity contribution in [2.75, 3.05) is 11.9 Å². The van der Waals surface area contributed by atoms with Crippen molar-refractivity contribution in [3.63, 3.8) is 0 Å². The van der Waals surface area contributed by atoms with Gasteiger partial charge in [-0.15, -0.1) is 0 Å². The SMILES string of the molecule is Cc1cc(NC2CCCC2CN)n2ncnc2c1. The summed E-state index contributed by atoms with van der Waals surface area (Å²) < 4.78 is 1.86. The molecule has 2 aromatic heterocycles. The van der Waals surface area contributed by atoms with Crippen molar-refractivity contribution in [1.82, 2.24) is 14.6 Å². The van der Waals surface area contributed by atoms with Crippen molar-refractivity contribution in [3.8, 4) is 0 Å². The zero-order valence-electron chi connectivity index (χ0n) is 10.6. The number of aromatic nitrogens is 3. The van der Waals surface area contributed by atoms with E-state index in [1.807, 2.05) is 10.6 Å². The maximum Gasteiger partial charge on any atom is 0.157 e. The first kappa shape index (κ1) is 11.5. The quantitative estimate of drug-likeness (QED) is 0.861. The third-order valence-electron chi connectivity index (χ3n) is 3.82. The summed E-state index contributed by atoms with van der Waals surface area (Å²) in [5.41, 5.74) is 7.91. The van der Waals surface area contributed by atoms with Gasteiger partial charge in [-0.05, 0) is 49.9 Å². The van der Waals surface area contributed by atoms with Gasteiger partial charge in [-0.1, -0.05) is 6.42 Å². The molecule has 3 rings (SSSR count). The Morgan fingerprint density at radius 3 is 3.17 bits per heavy atom. The number of anilines is 1. The summed E-state index contributed by atoms with van der Waals surface area (Å²) >= 11 is 0. The highest BCUT2D eigenvalue weighted by Gasteiger charge is 2.26. The van der Waals surface area contributed by atoms with Gasteiger partial charge < -0.3 is 11.1 Å². The van der Waals surface area contributed by atoms with E-state index in [4.69, 9.17) is 5.73 Å². The lowest BCUT2D eigenvalue weighted by molar-refractivity contribution is 0.514. The van der Waals surface area contributed by atoms with Crippen LogP contribution in [0.15, 0.2) is 18.5 Å². The van der Waals surface area contributed by atoms with Crippen LogP contribution in [0.25, 0.3) is 5.65 Å². The van der Waals surface area contributed by atoms with Crippen LogP contribution >= 0.6 is 0 Å². The van der Waals surface area contributed by atoms with E-state index in [0.717, 1.165) is 18.0 Å². The monoisotopic (exact) mass is 245 g/mol. The molecule has 0 aliphatic heterocycles. The Morgan fingerprint density at radius 1 is 1.44 bits per heavy atom. The van der Waals surface area contributed by atoms with Crippen molar-refractivity contribution < 1.29 is 0 Å². The average molecular weight is 245 g/mol. The Labute approximate surface area is 106 Å². The van der Waals surface area contributed by atoms with E-state index in [1.165, 1.54) is 24.8 Å². The summed E-state index contributed by atoms with van der Waals surface area (Å²) in [5.74, 6) is 1.59. The number of hydrogen-bond acceptors (Lipinski definition) is 4. The second-order valence-electron chi connectivity index (χ2n) is 5.13. The van der Waals surface area contributed by atoms with Gasteiger partial charge in [0, 0.05) is 6.04 Å². The van der Waals surface area contributed by atoms with Crippen molar-refractivity contribution >= 4 is 11.5 Å². The van der Waals surface area contributed by atoms with Crippen LogP contribution in [-0.2, 0) is 0 Å². The molecule has 1 saturated carbocycles. The lowest BCUT2D eigenvalue weighted by Crippen LogP contribution is -2.30. The van der Waals surface area contributed by atoms with Crippen molar-refractivity contribution in [1.29, 1.82) is 0 Å². The molecule has 0 saturated heterocycles. The van der Waals surface area contributed by atoms with Crippen LogP contribution in [0.5, 0.6) is 0 Å². The fraction of sp³-hybridized carbons (Fsp3) is 0.538. The predicted molar refractivity (Wildman–Crippen MR) is 71.5 cm³/mol. The Hall–Kier alpha value is -1.62. The summed E-state index contributed by atoms with van der Waals surface area (Å²) in [5, 5.41) is 7.86. The number of rotatable bonds is 3. The maximum atomic E-state index is 5.83. The minimum absolute atomic E-state index is 0.462. The van der Waals surface area contributed by atoms with E-state index in [-0.39, 0.29) is 0 Å². The van der Waals surface area contributed by atoms with Gasteiger partial charge in [-0.2, -0.15) is 9.61 Å². The number of nitrogens with zero attached hydrogens (tertiary/aromatic N) is 3. The molecule has 2 unspecified atom stereocenters. The molecule has 1 fully saturated rings. The van der Waals surface area contributed by atoms with E-state index in [2.05, 4.69) is 28.4 Å². The number of aryl methyl sites for hydroxylation is 1. The molecule has 18 heavy (non-hydrogen) atoms. The molecule has 0 aromatic carbocycles. The standard InChI is InChI=1S/C13H19N5/c1-9-5-12-15-8-16-18(12)13(6-9)17-11-4-2-3-10(11)7-14/h5-6,8,10-11,17H,2-4,7,14H2,1H3. The lowest BCUT2D eigenvalue weighted by Gasteiger charge is -2.21. The average Bonchev–Trinajstić information content (AvgIpc) is 2.96. The molecule has 1 aliphatic carbocycles. The Kier molecular flexibility index (Phi) is 2.91. The number of hydrogen-bond donors (Lipinski definition) is 2. The highest BCUT2D eigenvalue weighted by molar-refractivity contribution is 5.51. The topological polar surface area (TPSA) is 68.2 Å². The van der Waals surface area contributed by atoms with Crippen molar-refractivity contribution in [3.05, 3.63) is 24.0 Å². The molecule has 3 N–H and O–H groups in total. The molecule has 2 heterocycles. The molecule has 1 aliphatic rings. The maximum absolute atomic E-state index is 5.83. The fourth-order valence-corrected chi connectivity index (χ4v) is 2.86. The van der Waals surface area contributed by atoms with E-state index in [9.17, 15) is 0 Å². The molecular formula is C13H19N5. The molecule has 5 nitrogen and oxygen atoms in total. The highest BCUT2D eigenvalue weighted by Crippen LogP contribution is 2.28.